The number of benzene rings is 1. The smallest absolute Gasteiger partial charge is 0.253 e. The van der Waals surface area contributed by atoms with Crippen LogP contribution < -0.4 is 5.32 Å². The van der Waals surface area contributed by atoms with Crippen LogP contribution in [0.5, 0.6) is 0 Å². The normalized spacial score (nSPS) is 21.3. The standard InChI is InChI=1S/C20H27N5O/c1-15-13-16(2)25(22-15)18-5-3-17(4-6-18)20(26)24-10-7-19(14-24)23-11-8-21-9-12-23/h3-6,13,19,21H,7-12,14H2,1-2H3. The molecule has 2 aliphatic heterocycles. The van der Waals surface area contributed by atoms with E-state index in [2.05, 4.69) is 21.4 Å². The highest BCUT2D eigenvalue weighted by atomic mass is 16.2. The summed E-state index contributed by atoms with van der Waals surface area (Å²) >= 11 is 0. The molecule has 1 aromatic carbocycles. The van der Waals surface area contributed by atoms with Gasteiger partial charge in [0, 0.05) is 56.6 Å². The third kappa shape index (κ3) is 3.39. The van der Waals surface area contributed by atoms with Crippen LogP contribution in [0.3, 0.4) is 0 Å². The van der Waals surface area contributed by atoms with E-state index in [-0.39, 0.29) is 5.91 Å². The lowest BCUT2D eigenvalue weighted by atomic mass is 10.2. The summed E-state index contributed by atoms with van der Waals surface area (Å²) < 4.78 is 1.92. The molecule has 2 saturated heterocycles. The second-order valence-corrected chi connectivity index (χ2v) is 7.37. The van der Waals surface area contributed by atoms with E-state index in [0.29, 0.717) is 6.04 Å². The zero-order valence-electron chi connectivity index (χ0n) is 15.6. The van der Waals surface area contributed by atoms with E-state index in [4.69, 9.17) is 0 Å². The average Bonchev–Trinajstić information content (AvgIpc) is 3.29. The molecule has 0 spiro atoms. The number of hydrogen-bond acceptors (Lipinski definition) is 4. The Morgan fingerprint density at radius 1 is 1.12 bits per heavy atom. The van der Waals surface area contributed by atoms with Crippen molar-refractivity contribution in [3.05, 3.63) is 47.3 Å². The zero-order chi connectivity index (χ0) is 18.1. The van der Waals surface area contributed by atoms with Gasteiger partial charge in [-0.15, -0.1) is 0 Å². The van der Waals surface area contributed by atoms with Crippen LogP contribution in [0.2, 0.25) is 0 Å². The molecule has 0 saturated carbocycles. The maximum atomic E-state index is 12.9. The molecule has 0 radical (unpaired) electrons. The van der Waals surface area contributed by atoms with E-state index < -0.39 is 0 Å². The third-order valence-corrected chi connectivity index (χ3v) is 5.49. The summed E-state index contributed by atoms with van der Waals surface area (Å²) in [5.41, 5.74) is 3.85. The first-order chi connectivity index (χ1) is 12.6. The van der Waals surface area contributed by atoms with Gasteiger partial charge in [-0.1, -0.05) is 0 Å². The molecule has 1 unspecified atom stereocenters. The molecular weight excluding hydrogens is 326 g/mol. The maximum Gasteiger partial charge on any atom is 0.253 e. The van der Waals surface area contributed by atoms with Gasteiger partial charge in [-0.25, -0.2) is 4.68 Å². The number of likely N-dealkylation sites (tertiary alicyclic amines) is 1. The summed E-state index contributed by atoms with van der Waals surface area (Å²) in [4.78, 5) is 17.4. The fourth-order valence-electron chi connectivity index (χ4n) is 4.09. The monoisotopic (exact) mass is 353 g/mol. The third-order valence-electron chi connectivity index (χ3n) is 5.49. The van der Waals surface area contributed by atoms with Gasteiger partial charge in [0.1, 0.15) is 0 Å². The number of aryl methyl sites for hydroxylation is 2. The largest absolute Gasteiger partial charge is 0.337 e. The number of carbonyl (C=O) groups excluding carboxylic acids is 1. The molecule has 138 valence electrons. The Balaban J connectivity index is 1.43. The van der Waals surface area contributed by atoms with E-state index in [1.165, 1.54) is 0 Å². The molecular formula is C20H27N5O. The highest BCUT2D eigenvalue weighted by Gasteiger charge is 2.31. The van der Waals surface area contributed by atoms with Crippen LogP contribution in [0.4, 0.5) is 0 Å². The first-order valence-electron chi connectivity index (χ1n) is 9.49. The maximum absolute atomic E-state index is 12.9. The van der Waals surface area contributed by atoms with Crippen LogP contribution in [-0.4, -0.2) is 70.8 Å². The van der Waals surface area contributed by atoms with E-state index in [0.717, 1.165) is 68.3 Å². The van der Waals surface area contributed by atoms with Gasteiger partial charge in [0.05, 0.1) is 11.4 Å². The van der Waals surface area contributed by atoms with Crippen LogP contribution in [0.1, 0.15) is 28.2 Å². The Kier molecular flexibility index (Phi) is 4.78. The predicted molar refractivity (Wildman–Crippen MR) is 102 cm³/mol. The Labute approximate surface area is 154 Å². The lowest BCUT2D eigenvalue weighted by Crippen LogP contribution is -2.49. The molecule has 4 rings (SSSR count). The zero-order valence-corrected chi connectivity index (χ0v) is 15.6. The van der Waals surface area contributed by atoms with Crippen molar-refractivity contribution in [2.45, 2.75) is 26.3 Å². The fourth-order valence-corrected chi connectivity index (χ4v) is 4.09. The second-order valence-electron chi connectivity index (χ2n) is 7.37. The molecule has 0 aliphatic carbocycles. The van der Waals surface area contributed by atoms with Crippen LogP contribution in [0.15, 0.2) is 30.3 Å². The molecule has 1 amide bonds. The molecule has 2 aliphatic rings. The topological polar surface area (TPSA) is 53.4 Å². The van der Waals surface area contributed by atoms with Crippen molar-refractivity contribution in [3.8, 4) is 5.69 Å². The lowest BCUT2D eigenvalue weighted by Gasteiger charge is -2.32. The van der Waals surface area contributed by atoms with Crippen LogP contribution in [0, 0.1) is 13.8 Å². The van der Waals surface area contributed by atoms with Crippen molar-refractivity contribution in [1.82, 2.24) is 24.9 Å². The van der Waals surface area contributed by atoms with Gasteiger partial charge in [0.15, 0.2) is 0 Å². The number of rotatable bonds is 3. The van der Waals surface area contributed by atoms with Crippen molar-refractivity contribution in [2.24, 2.45) is 0 Å². The number of nitrogens with one attached hydrogen (secondary N) is 1. The van der Waals surface area contributed by atoms with Crippen molar-refractivity contribution >= 4 is 5.91 Å². The summed E-state index contributed by atoms with van der Waals surface area (Å²) in [6, 6.07) is 10.4. The molecule has 6 heteroatoms. The van der Waals surface area contributed by atoms with Gasteiger partial charge >= 0.3 is 0 Å². The quantitative estimate of drug-likeness (QED) is 0.911. The Hall–Kier alpha value is -2.18. The van der Waals surface area contributed by atoms with Crippen molar-refractivity contribution in [3.63, 3.8) is 0 Å². The second kappa shape index (κ2) is 7.21. The van der Waals surface area contributed by atoms with E-state index >= 15 is 0 Å². The minimum atomic E-state index is 0.141. The number of carbonyl (C=O) groups is 1. The minimum absolute atomic E-state index is 0.141. The summed E-state index contributed by atoms with van der Waals surface area (Å²) in [7, 11) is 0. The highest BCUT2D eigenvalue weighted by molar-refractivity contribution is 5.94. The molecule has 3 heterocycles. The SMILES string of the molecule is Cc1cc(C)n(-c2ccc(C(=O)N3CCC(N4CCNCC4)C3)cc2)n1. The highest BCUT2D eigenvalue weighted by Crippen LogP contribution is 2.20. The summed E-state index contributed by atoms with van der Waals surface area (Å²) in [6.45, 7) is 10.0. The Bertz CT molecular complexity index is 776. The van der Waals surface area contributed by atoms with Gasteiger partial charge in [0.2, 0.25) is 0 Å². The molecule has 6 nitrogen and oxygen atoms in total. The van der Waals surface area contributed by atoms with Crippen molar-refractivity contribution in [2.75, 3.05) is 39.3 Å². The van der Waals surface area contributed by atoms with Gasteiger partial charge in [-0.05, 0) is 50.6 Å². The van der Waals surface area contributed by atoms with Crippen LogP contribution in [-0.2, 0) is 0 Å². The summed E-state index contributed by atoms with van der Waals surface area (Å²) in [6.07, 6.45) is 1.08. The Morgan fingerprint density at radius 3 is 2.50 bits per heavy atom. The lowest BCUT2D eigenvalue weighted by molar-refractivity contribution is 0.0773. The first kappa shape index (κ1) is 17.2. The molecule has 2 aromatic rings. The molecule has 0 bridgehead atoms. The number of nitrogens with zero attached hydrogens (tertiary/aromatic N) is 4. The number of piperazine rings is 1. The van der Waals surface area contributed by atoms with Crippen LogP contribution >= 0.6 is 0 Å². The van der Waals surface area contributed by atoms with Gasteiger partial charge in [-0.3, -0.25) is 9.69 Å². The van der Waals surface area contributed by atoms with Gasteiger partial charge < -0.3 is 10.2 Å². The van der Waals surface area contributed by atoms with E-state index in [9.17, 15) is 4.79 Å². The minimum Gasteiger partial charge on any atom is -0.337 e. The average molecular weight is 353 g/mol. The van der Waals surface area contributed by atoms with Crippen molar-refractivity contribution in [1.29, 1.82) is 0 Å². The van der Waals surface area contributed by atoms with Gasteiger partial charge in [-0.2, -0.15) is 5.10 Å². The number of hydrogen-bond donors (Lipinski definition) is 1. The molecule has 1 N–H and O–H groups in total. The fraction of sp³-hybridized carbons (Fsp3) is 0.500. The van der Waals surface area contributed by atoms with Crippen LogP contribution in [0.25, 0.3) is 5.69 Å². The van der Waals surface area contributed by atoms with Crippen molar-refractivity contribution < 1.29 is 4.79 Å². The molecule has 2 fully saturated rings. The van der Waals surface area contributed by atoms with E-state index in [1.807, 2.05) is 47.7 Å². The first-order valence-corrected chi connectivity index (χ1v) is 9.49. The summed E-state index contributed by atoms with van der Waals surface area (Å²) in [5.74, 6) is 0.141. The molecule has 1 atom stereocenters. The molecule has 1 aromatic heterocycles. The number of aromatic nitrogens is 2. The van der Waals surface area contributed by atoms with E-state index in [1.54, 1.807) is 0 Å². The Morgan fingerprint density at radius 2 is 1.85 bits per heavy atom. The van der Waals surface area contributed by atoms with Gasteiger partial charge in [0.25, 0.3) is 5.91 Å². The summed E-state index contributed by atoms with van der Waals surface area (Å²) in [5, 5.41) is 7.90. The predicted octanol–water partition coefficient (Wildman–Crippen LogP) is 1.61. The molecule has 26 heavy (non-hydrogen) atoms. The number of amides is 1.